The molecule has 20 heavy (non-hydrogen) atoms. The Labute approximate surface area is 122 Å². The first-order valence-electron chi connectivity index (χ1n) is 7.78. The highest BCUT2D eigenvalue weighted by atomic mass is 19.1. The maximum atomic E-state index is 13.2. The van der Waals surface area contributed by atoms with Gasteiger partial charge < -0.3 is 10.2 Å². The van der Waals surface area contributed by atoms with Crippen LogP contribution in [-0.4, -0.2) is 30.6 Å². The molecule has 2 rings (SSSR count). The van der Waals surface area contributed by atoms with Crippen molar-refractivity contribution in [1.82, 2.24) is 10.2 Å². The number of nitrogens with zero attached hydrogens (tertiary/aromatic N) is 1. The molecule has 1 atom stereocenters. The molecule has 1 N–H and O–H groups in total. The molecule has 0 aliphatic carbocycles. The molecule has 1 fully saturated rings. The van der Waals surface area contributed by atoms with Gasteiger partial charge in [-0.3, -0.25) is 0 Å². The molecule has 2 nitrogen and oxygen atoms in total. The standard InChI is InChI=1S/C17H27FN2/c1-13(2)12-20-9-7-17(8-10-20)19-14(3)15-5-4-6-16(18)11-15/h4-6,11,13-14,17,19H,7-10,12H2,1-3H3/t14-/m1/s1. The molecule has 1 aromatic rings. The van der Waals surface area contributed by atoms with E-state index < -0.39 is 0 Å². The molecule has 1 aliphatic rings. The Morgan fingerprint density at radius 3 is 2.55 bits per heavy atom. The van der Waals surface area contributed by atoms with Crippen LogP contribution in [0.5, 0.6) is 0 Å². The summed E-state index contributed by atoms with van der Waals surface area (Å²) in [6, 6.07) is 7.68. The lowest BCUT2D eigenvalue weighted by Crippen LogP contribution is -2.44. The molecule has 1 aromatic carbocycles. The summed E-state index contributed by atoms with van der Waals surface area (Å²) < 4.78 is 13.2. The van der Waals surface area contributed by atoms with E-state index in [4.69, 9.17) is 0 Å². The van der Waals surface area contributed by atoms with Crippen LogP contribution in [0, 0.1) is 11.7 Å². The van der Waals surface area contributed by atoms with Crippen molar-refractivity contribution in [2.75, 3.05) is 19.6 Å². The van der Waals surface area contributed by atoms with Crippen LogP contribution in [0.25, 0.3) is 0 Å². The molecule has 1 aliphatic heterocycles. The van der Waals surface area contributed by atoms with E-state index in [1.54, 1.807) is 12.1 Å². The third-order valence-electron chi connectivity index (χ3n) is 4.05. The highest BCUT2D eigenvalue weighted by Gasteiger charge is 2.21. The summed E-state index contributed by atoms with van der Waals surface area (Å²) >= 11 is 0. The molecular weight excluding hydrogens is 251 g/mol. The topological polar surface area (TPSA) is 15.3 Å². The van der Waals surface area contributed by atoms with E-state index in [1.165, 1.54) is 38.5 Å². The largest absolute Gasteiger partial charge is 0.307 e. The smallest absolute Gasteiger partial charge is 0.123 e. The van der Waals surface area contributed by atoms with Crippen molar-refractivity contribution in [2.45, 2.75) is 45.7 Å². The minimum atomic E-state index is -0.150. The number of halogens is 1. The Hall–Kier alpha value is -0.930. The van der Waals surface area contributed by atoms with Gasteiger partial charge in [0.05, 0.1) is 0 Å². The Morgan fingerprint density at radius 2 is 1.95 bits per heavy atom. The lowest BCUT2D eigenvalue weighted by molar-refractivity contribution is 0.175. The molecule has 0 saturated carbocycles. The molecule has 112 valence electrons. The van der Waals surface area contributed by atoms with Crippen molar-refractivity contribution < 1.29 is 4.39 Å². The van der Waals surface area contributed by atoms with Gasteiger partial charge in [-0.2, -0.15) is 0 Å². The van der Waals surface area contributed by atoms with Crippen molar-refractivity contribution in [3.8, 4) is 0 Å². The Balaban J connectivity index is 1.80. The molecule has 0 radical (unpaired) electrons. The van der Waals surface area contributed by atoms with Crippen LogP contribution < -0.4 is 5.32 Å². The number of rotatable bonds is 5. The Morgan fingerprint density at radius 1 is 1.25 bits per heavy atom. The zero-order valence-corrected chi connectivity index (χ0v) is 12.9. The predicted molar refractivity (Wildman–Crippen MR) is 82.3 cm³/mol. The first-order valence-corrected chi connectivity index (χ1v) is 7.78. The van der Waals surface area contributed by atoms with Crippen LogP contribution in [0.3, 0.4) is 0 Å². The number of likely N-dealkylation sites (tertiary alicyclic amines) is 1. The van der Waals surface area contributed by atoms with Gasteiger partial charge in [0.1, 0.15) is 5.82 Å². The normalized spacial score (nSPS) is 19.4. The lowest BCUT2D eigenvalue weighted by Gasteiger charge is -2.34. The van der Waals surface area contributed by atoms with Gasteiger partial charge in [0, 0.05) is 18.6 Å². The summed E-state index contributed by atoms with van der Waals surface area (Å²) in [6.45, 7) is 10.2. The van der Waals surface area contributed by atoms with Gasteiger partial charge >= 0.3 is 0 Å². The molecule has 0 aromatic heterocycles. The number of hydrogen-bond acceptors (Lipinski definition) is 2. The van der Waals surface area contributed by atoms with E-state index in [1.807, 2.05) is 6.07 Å². The zero-order valence-electron chi connectivity index (χ0n) is 12.9. The van der Waals surface area contributed by atoms with Crippen molar-refractivity contribution >= 4 is 0 Å². The molecule has 0 amide bonds. The minimum absolute atomic E-state index is 0.150. The number of nitrogens with one attached hydrogen (secondary N) is 1. The highest BCUT2D eigenvalue weighted by Crippen LogP contribution is 2.18. The van der Waals surface area contributed by atoms with Gasteiger partial charge in [0.25, 0.3) is 0 Å². The zero-order chi connectivity index (χ0) is 14.5. The van der Waals surface area contributed by atoms with Crippen molar-refractivity contribution in [3.63, 3.8) is 0 Å². The van der Waals surface area contributed by atoms with E-state index >= 15 is 0 Å². The predicted octanol–water partition coefficient (Wildman–Crippen LogP) is 3.60. The molecule has 3 heteroatoms. The first kappa shape index (κ1) is 15.5. The highest BCUT2D eigenvalue weighted by molar-refractivity contribution is 5.19. The average Bonchev–Trinajstić information content (AvgIpc) is 2.40. The van der Waals surface area contributed by atoms with Crippen LogP contribution in [0.15, 0.2) is 24.3 Å². The van der Waals surface area contributed by atoms with E-state index in [0.717, 1.165) is 11.5 Å². The van der Waals surface area contributed by atoms with Gasteiger partial charge in [-0.1, -0.05) is 26.0 Å². The summed E-state index contributed by atoms with van der Waals surface area (Å²) in [7, 11) is 0. The third-order valence-corrected chi connectivity index (χ3v) is 4.05. The van der Waals surface area contributed by atoms with Crippen LogP contribution in [0.1, 0.15) is 45.2 Å². The lowest BCUT2D eigenvalue weighted by atomic mass is 10.0. The van der Waals surface area contributed by atoms with Crippen LogP contribution in [-0.2, 0) is 0 Å². The van der Waals surface area contributed by atoms with Crippen LogP contribution >= 0.6 is 0 Å². The SMILES string of the molecule is CC(C)CN1CCC(N[C@H](C)c2cccc(F)c2)CC1. The fraction of sp³-hybridized carbons (Fsp3) is 0.647. The molecule has 0 bridgehead atoms. The minimum Gasteiger partial charge on any atom is -0.307 e. The second-order valence-electron chi connectivity index (χ2n) is 6.41. The average molecular weight is 278 g/mol. The summed E-state index contributed by atoms with van der Waals surface area (Å²) in [5, 5.41) is 3.64. The fourth-order valence-electron chi connectivity index (χ4n) is 3.02. The maximum Gasteiger partial charge on any atom is 0.123 e. The van der Waals surface area contributed by atoms with E-state index in [2.05, 4.69) is 31.0 Å². The second kappa shape index (κ2) is 7.19. The Kier molecular flexibility index (Phi) is 5.55. The van der Waals surface area contributed by atoms with E-state index in [0.29, 0.717) is 6.04 Å². The van der Waals surface area contributed by atoms with E-state index in [9.17, 15) is 4.39 Å². The third kappa shape index (κ3) is 4.57. The van der Waals surface area contributed by atoms with Gasteiger partial charge in [0.2, 0.25) is 0 Å². The summed E-state index contributed by atoms with van der Waals surface area (Å²) in [5.41, 5.74) is 1.04. The van der Waals surface area contributed by atoms with Gasteiger partial charge in [-0.25, -0.2) is 4.39 Å². The molecule has 0 unspecified atom stereocenters. The fourth-order valence-corrected chi connectivity index (χ4v) is 3.02. The van der Waals surface area contributed by atoms with Gasteiger partial charge in [0.15, 0.2) is 0 Å². The van der Waals surface area contributed by atoms with Gasteiger partial charge in [-0.15, -0.1) is 0 Å². The molecular formula is C17H27FN2. The quantitative estimate of drug-likeness (QED) is 0.885. The maximum absolute atomic E-state index is 13.2. The number of hydrogen-bond donors (Lipinski definition) is 1. The van der Waals surface area contributed by atoms with Crippen molar-refractivity contribution in [2.24, 2.45) is 5.92 Å². The van der Waals surface area contributed by atoms with Gasteiger partial charge in [-0.05, 0) is 56.5 Å². The number of benzene rings is 1. The Bertz CT molecular complexity index is 411. The monoisotopic (exact) mass is 278 g/mol. The second-order valence-corrected chi connectivity index (χ2v) is 6.41. The first-order chi connectivity index (χ1) is 9.54. The summed E-state index contributed by atoms with van der Waals surface area (Å²) in [5.74, 6) is 0.591. The van der Waals surface area contributed by atoms with Crippen molar-refractivity contribution in [3.05, 3.63) is 35.6 Å². The van der Waals surface area contributed by atoms with Crippen molar-refractivity contribution in [1.29, 1.82) is 0 Å². The summed E-state index contributed by atoms with van der Waals surface area (Å²) in [4.78, 5) is 2.55. The molecule has 1 saturated heterocycles. The number of piperidine rings is 1. The molecule has 0 spiro atoms. The summed E-state index contributed by atoms with van der Waals surface area (Å²) in [6.07, 6.45) is 2.37. The van der Waals surface area contributed by atoms with Crippen LogP contribution in [0.4, 0.5) is 4.39 Å². The molecule has 1 heterocycles. The van der Waals surface area contributed by atoms with E-state index in [-0.39, 0.29) is 11.9 Å². The van der Waals surface area contributed by atoms with Crippen LogP contribution in [0.2, 0.25) is 0 Å².